The molecule has 0 bridgehead atoms. The van der Waals surface area contributed by atoms with E-state index in [0.717, 1.165) is 18.2 Å². The van der Waals surface area contributed by atoms with Crippen LogP contribution in [0.15, 0.2) is 38.0 Å². The van der Waals surface area contributed by atoms with Crippen LogP contribution in [-0.4, -0.2) is 36.7 Å². The van der Waals surface area contributed by atoms with Crippen LogP contribution in [0, 0.1) is 0 Å². The molecule has 6 nitrogen and oxygen atoms in total. The highest BCUT2D eigenvalue weighted by atomic mass is 16.6. The van der Waals surface area contributed by atoms with Gasteiger partial charge in [-0.3, -0.25) is 0 Å². The molecule has 0 aliphatic rings. The van der Waals surface area contributed by atoms with Crippen LogP contribution in [0.1, 0.15) is 13.3 Å². The van der Waals surface area contributed by atoms with E-state index in [1.807, 2.05) is 0 Å². The number of hydrogen-bond acceptors (Lipinski definition) is 6. The first-order chi connectivity index (χ1) is 9.42. The number of hydrogen-bond donors (Lipinski definition) is 0. The Morgan fingerprint density at radius 1 is 0.900 bits per heavy atom. The molecule has 0 rings (SSSR count). The van der Waals surface area contributed by atoms with Crippen LogP contribution in [0.2, 0.25) is 0 Å². The van der Waals surface area contributed by atoms with Crippen molar-refractivity contribution in [3.05, 3.63) is 38.0 Å². The van der Waals surface area contributed by atoms with Crippen LogP contribution in [-0.2, 0) is 28.6 Å². The lowest BCUT2D eigenvalue weighted by molar-refractivity contribution is -0.178. The van der Waals surface area contributed by atoms with E-state index in [2.05, 4.69) is 19.7 Å². The van der Waals surface area contributed by atoms with Crippen LogP contribution in [0.4, 0.5) is 0 Å². The van der Waals surface area contributed by atoms with Gasteiger partial charge in [-0.05, 0) is 6.42 Å². The second-order valence-corrected chi connectivity index (χ2v) is 3.79. The van der Waals surface area contributed by atoms with Crippen LogP contribution in [0.25, 0.3) is 0 Å². The molecule has 0 aromatic carbocycles. The summed E-state index contributed by atoms with van der Waals surface area (Å²) in [6, 6.07) is 0. The van der Waals surface area contributed by atoms with Gasteiger partial charge in [0.05, 0.1) is 0 Å². The van der Waals surface area contributed by atoms with Crippen molar-refractivity contribution in [2.75, 3.05) is 13.2 Å². The maximum Gasteiger partial charge on any atom is 0.330 e. The SMILES string of the molecule is C=CC(=O)OCC(CC)(COC(=O)C=C)OC(=O)C=C. The average molecular weight is 282 g/mol. The maximum atomic E-state index is 11.4. The Morgan fingerprint density at radius 2 is 1.30 bits per heavy atom. The first-order valence-corrected chi connectivity index (χ1v) is 5.86. The van der Waals surface area contributed by atoms with Crippen LogP contribution < -0.4 is 0 Å². The first kappa shape index (κ1) is 17.6. The minimum absolute atomic E-state index is 0.265. The maximum absolute atomic E-state index is 11.4. The fraction of sp³-hybridized carbons (Fsp3) is 0.357. The van der Waals surface area contributed by atoms with Gasteiger partial charge in [0, 0.05) is 18.2 Å². The number of carbonyl (C=O) groups excluding carboxylic acids is 3. The van der Waals surface area contributed by atoms with E-state index in [9.17, 15) is 14.4 Å². The van der Waals surface area contributed by atoms with Gasteiger partial charge in [-0.15, -0.1) is 0 Å². The standard InChI is InChI=1S/C14H18O6/c1-5-11(15)18-9-14(8-4,20-13(17)7-3)10-19-12(16)6-2/h5-7H,1-3,8-10H2,4H3. The molecule has 0 atom stereocenters. The topological polar surface area (TPSA) is 78.9 Å². The Morgan fingerprint density at radius 3 is 1.60 bits per heavy atom. The lowest BCUT2D eigenvalue weighted by Crippen LogP contribution is -2.44. The van der Waals surface area contributed by atoms with Gasteiger partial charge in [0.25, 0.3) is 0 Å². The summed E-state index contributed by atoms with van der Waals surface area (Å²) in [7, 11) is 0. The Labute approximate surface area is 117 Å². The largest absolute Gasteiger partial charge is 0.458 e. The van der Waals surface area contributed by atoms with Gasteiger partial charge in [0.1, 0.15) is 13.2 Å². The Hall–Kier alpha value is -2.37. The van der Waals surface area contributed by atoms with Crippen molar-refractivity contribution in [3.63, 3.8) is 0 Å². The van der Waals surface area contributed by atoms with E-state index >= 15 is 0 Å². The zero-order valence-corrected chi connectivity index (χ0v) is 11.4. The third-order valence-electron chi connectivity index (χ3n) is 2.42. The highest BCUT2D eigenvalue weighted by Crippen LogP contribution is 2.19. The Bertz CT molecular complexity index is 386. The third kappa shape index (κ3) is 5.99. The summed E-state index contributed by atoms with van der Waals surface area (Å²) in [6.45, 7) is 11.0. The molecule has 6 heteroatoms. The molecule has 0 N–H and O–H groups in total. The fourth-order valence-electron chi connectivity index (χ4n) is 1.16. The lowest BCUT2D eigenvalue weighted by Gasteiger charge is -2.30. The van der Waals surface area contributed by atoms with Gasteiger partial charge in [-0.2, -0.15) is 0 Å². The van der Waals surface area contributed by atoms with Crippen LogP contribution in [0.5, 0.6) is 0 Å². The van der Waals surface area contributed by atoms with Crippen molar-refractivity contribution >= 4 is 17.9 Å². The molecule has 0 saturated carbocycles. The van der Waals surface area contributed by atoms with Crippen LogP contribution in [0.3, 0.4) is 0 Å². The molecule has 110 valence electrons. The number of ether oxygens (including phenoxy) is 3. The van der Waals surface area contributed by atoms with E-state index in [-0.39, 0.29) is 19.6 Å². The van der Waals surface area contributed by atoms with Gasteiger partial charge >= 0.3 is 17.9 Å². The molecule has 0 heterocycles. The second kappa shape index (κ2) is 8.68. The molecule has 0 fully saturated rings. The minimum atomic E-state index is -1.28. The van der Waals surface area contributed by atoms with Crippen molar-refractivity contribution < 1.29 is 28.6 Å². The molecule has 0 unspecified atom stereocenters. The predicted octanol–water partition coefficient (Wildman–Crippen LogP) is 1.32. The molecule has 0 spiro atoms. The monoisotopic (exact) mass is 282 g/mol. The normalized spacial score (nSPS) is 10.1. The van der Waals surface area contributed by atoms with E-state index in [0.29, 0.717) is 0 Å². The third-order valence-corrected chi connectivity index (χ3v) is 2.42. The second-order valence-electron chi connectivity index (χ2n) is 3.79. The van der Waals surface area contributed by atoms with Gasteiger partial charge in [-0.25, -0.2) is 14.4 Å². The minimum Gasteiger partial charge on any atom is -0.458 e. The smallest absolute Gasteiger partial charge is 0.330 e. The van der Waals surface area contributed by atoms with Crippen molar-refractivity contribution in [2.45, 2.75) is 18.9 Å². The molecule has 0 aromatic rings. The van der Waals surface area contributed by atoms with Gasteiger partial charge in [0.15, 0.2) is 5.60 Å². The van der Waals surface area contributed by atoms with Crippen molar-refractivity contribution in [2.24, 2.45) is 0 Å². The summed E-state index contributed by atoms with van der Waals surface area (Å²) < 4.78 is 14.9. The van der Waals surface area contributed by atoms with E-state index < -0.39 is 23.5 Å². The van der Waals surface area contributed by atoms with Gasteiger partial charge in [0.2, 0.25) is 0 Å². The summed E-state index contributed by atoms with van der Waals surface area (Å²) in [5.41, 5.74) is -1.28. The fourth-order valence-corrected chi connectivity index (χ4v) is 1.16. The molecule has 20 heavy (non-hydrogen) atoms. The Kier molecular flexibility index (Phi) is 7.65. The molecule has 0 amide bonds. The summed E-state index contributed by atoms with van der Waals surface area (Å²) in [5.74, 6) is -2.06. The predicted molar refractivity (Wildman–Crippen MR) is 71.6 cm³/mol. The van der Waals surface area contributed by atoms with Crippen molar-refractivity contribution in [1.29, 1.82) is 0 Å². The zero-order chi connectivity index (χ0) is 15.6. The Balaban J connectivity index is 4.93. The molecule has 0 radical (unpaired) electrons. The van der Waals surface area contributed by atoms with Crippen molar-refractivity contribution in [1.82, 2.24) is 0 Å². The summed E-state index contributed by atoms with van der Waals surface area (Å²) in [4.78, 5) is 33.6. The lowest BCUT2D eigenvalue weighted by atomic mass is 10.0. The van der Waals surface area contributed by atoms with Crippen LogP contribution >= 0.6 is 0 Å². The van der Waals surface area contributed by atoms with E-state index in [1.54, 1.807) is 6.92 Å². The quantitative estimate of drug-likeness (QED) is 0.360. The van der Waals surface area contributed by atoms with Gasteiger partial charge < -0.3 is 14.2 Å². The van der Waals surface area contributed by atoms with Gasteiger partial charge in [-0.1, -0.05) is 26.7 Å². The number of rotatable bonds is 9. The summed E-state index contributed by atoms with van der Waals surface area (Å²) in [6.07, 6.45) is 3.19. The van der Waals surface area contributed by atoms with E-state index in [1.165, 1.54) is 0 Å². The molecule has 0 aliphatic carbocycles. The first-order valence-electron chi connectivity index (χ1n) is 5.86. The highest BCUT2D eigenvalue weighted by molar-refractivity contribution is 5.83. The highest BCUT2D eigenvalue weighted by Gasteiger charge is 2.35. The number of esters is 3. The molecular weight excluding hydrogens is 264 g/mol. The molecular formula is C14H18O6. The zero-order valence-electron chi connectivity index (χ0n) is 11.4. The molecule has 0 aliphatic heterocycles. The summed E-state index contributed by atoms with van der Waals surface area (Å²) >= 11 is 0. The molecule has 0 aromatic heterocycles. The number of carbonyl (C=O) groups is 3. The average Bonchev–Trinajstić information content (AvgIpc) is 2.48. The molecule has 0 saturated heterocycles. The van der Waals surface area contributed by atoms with E-state index in [4.69, 9.17) is 14.2 Å². The van der Waals surface area contributed by atoms with Crippen molar-refractivity contribution in [3.8, 4) is 0 Å². The summed E-state index contributed by atoms with van der Waals surface area (Å²) in [5, 5.41) is 0.